The predicted molar refractivity (Wildman–Crippen MR) is 77.3 cm³/mol. The summed E-state index contributed by atoms with van der Waals surface area (Å²) in [6.07, 6.45) is 3.62. The number of hydrogen-bond donors (Lipinski definition) is 1. The monoisotopic (exact) mass is 261 g/mol. The van der Waals surface area contributed by atoms with Crippen LogP contribution >= 0.6 is 11.6 Å². The van der Waals surface area contributed by atoms with E-state index < -0.39 is 0 Å². The Kier molecular flexibility index (Phi) is 4.05. The van der Waals surface area contributed by atoms with Crippen LogP contribution in [0.25, 0.3) is 0 Å². The summed E-state index contributed by atoms with van der Waals surface area (Å²) in [4.78, 5) is 6.20. The van der Waals surface area contributed by atoms with Crippen molar-refractivity contribution in [2.45, 2.75) is 6.54 Å². The smallest absolute Gasteiger partial charge is 0.0766 e. The van der Waals surface area contributed by atoms with E-state index in [1.54, 1.807) is 6.20 Å². The lowest BCUT2D eigenvalue weighted by atomic mass is 10.2. The van der Waals surface area contributed by atoms with Crippen molar-refractivity contribution in [2.75, 3.05) is 24.3 Å². The van der Waals surface area contributed by atoms with Crippen molar-refractivity contribution in [3.63, 3.8) is 0 Å². The van der Waals surface area contributed by atoms with Crippen molar-refractivity contribution < 1.29 is 0 Å². The minimum Gasteiger partial charge on any atom is -0.378 e. The Hall–Kier alpha value is -1.74. The summed E-state index contributed by atoms with van der Waals surface area (Å²) in [5.41, 5.74) is 3.28. The number of benzene rings is 1. The third kappa shape index (κ3) is 3.14. The summed E-state index contributed by atoms with van der Waals surface area (Å²) in [6, 6.07) is 9.82. The molecule has 1 heterocycles. The molecule has 18 heavy (non-hydrogen) atoms. The van der Waals surface area contributed by atoms with Crippen LogP contribution in [0.4, 0.5) is 11.4 Å². The molecule has 0 atom stereocenters. The second kappa shape index (κ2) is 5.74. The van der Waals surface area contributed by atoms with Crippen LogP contribution in [0.15, 0.2) is 42.7 Å². The Morgan fingerprint density at radius 2 is 2.11 bits per heavy atom. The number of hydrogen-bond acceptors (Lipinski definition) is 3. The zero-order valence-electron chi connectivity index (χ0n) is 10.5. The first kappa shape index (κ1) is 12.7. The lowest BCUT2D eigenvalue weighted by Crippen LogP contribution is -2.12. The summed E-state index contributed by atoms with van der Waals surface area (Å²) < 4.78 is 0. The molecule has 0 aliphatic rings. The van der Waals surface area contributed by atoms with Gasteiger partial charge < -0.3 is 10.2 Å². The maximum absolute atomic E-state index is 5.96. The second-order valence-electron chi connectivity index (χ2n) is 4.27. The summed E-state index contributed by atoms with van der Waals surface area (Å²) in [6.45, 7) is 0.729. The molecular formula is C14H16ClN3. The third-order valence-electron chi connectivity index (χ3n) is 2.65. The Labute approximate surface area is 112 Å². The van der Waals surface area contributed by atoms with Gasteiger partial charge in [-0.25, -0.2) is 0 Å². The summed E-state index contributed by atoms with van der Waals surface area (Å²) in [5, 5.41) is 4.13. The van der Waals surface area contributed by atoms with Crippen molar-refractivity contribution in [2.24, 2.45) is 0 Å². The van der Waals surface area contributed by atoms with Crippen LogP contribution in [0.3, 0.4) is 0 Å². The molecular weight excluding hydrogens is 246 g/mol. The van der Waals surface area contributed by atoms with E-state index >= 15 is 0 Å². The van der Waals surface area contributed by atoms with Crippen molar-refractivity contribution in [3.8, 4) is 0 Å². The Bertz CT molecular complexity index is 526. The SMILES string of the molecule is CN(C)c1ccncc1NCc1cccc(Cl)c1. The van der Waals surface area contributed by atoms with Crippen LogP contribution in [0.5, 0.6) is 0 Å². The first-order valence-corrected chi connectivity index (χ1v) is 6.14. The van der Waals surface area contributed by atoms with E-state index in [9.17, 15) is 0 Å². The third-order valence-corrected chi connectivity index (χ3v) is 2.89. The molecule has 0 saturated heterocycles. The Morgan fingerprint density at radius 3 is 2.83 bits per heavy atom. The van der Waals surface area contributed by atoms with E-state index in [4.69, 9.17) is 11.6 Å². The molecule has 0 aliphatic carbocycles. The molecule has 1 N–H and O–H groups in total. The largest absolute Gasteiger partial charge is 0.378 e. The number of pyridine rings is 1. The first-order chi connectivity index (χ1) is 8.66. The predicted octanol–water partition coefficient (Wildman–Crippen LogP) is 3.41. The standard InChI is InChI=1S/C14H16ClN3/c1-18(2)14-6-7-16-10-13(14)17-9-11-4-3-5-12(15)8-11/h3-8,10,17H,9H2,1-2H3. The molecule has 0 saturated carbocycles. The van der Waals surface area contributed by atoms with Gasteiger partial charge in [0.05, 0.1) is 17.6 Å². The molecule has 2 aromatic rings. The van der Waals surface area contributed by atoms with E-state index in [-0.39, 0.29) is 0 Å². The van der Waals surface area contributed by atoms with Crippen molar-refractivity contribution >= 4 is 23.0 Å². The van der Waals surface area contributed by atoms with Gasteiger partial charge in [-0.05, 0) is 23.8 Å². The number of halogens is 1. The highest BCUT2D eigenvalue weighted by Gasteiger charge is 2.03. The van der Waals surface area contributed by atoms with Crippen LogP contribution in [0.2, 0.25) is 5.02 Å². The number of anilines is 2. The average molecular weight is 262 g/mol. The summed E-state index contributed by atoms with van der Waals surface area (Å²) >= 11 is 5.96. The molecule has 0 fully saturated rings. The highest BCUT2D eigenvalue weighted by molar-refractivity contribution is 6.30. The van der Waals surface area contributed by atoms with Gasteiger partial charge in [0.2, 0.25) is 0 Å². The van der Waals surface area contributed by atoms with Crippen LogP contribution in [0.1, 0.15) is 5.56 Å². The van der Waals surface area contributed by atoms with Crippen molar-refractivity contribution in [1.82, 2.24) is 4.98 Å². The minimum absolute atomic E-state index is 0.729. The zero-order chi connectivity index (χ0) is 13.0. The molecule has 2 rings (SSSR count). The number of rotatable bonds is 4. The van der Waals surface area contributed by atoms with Gasteiger partial charge in [-0.15, -0.1) is 0 Å². The number of aromatic nitrogens is 1. The molecule has 0 bridgehead atoms. The van der Waals surface area contributed by atoms with Gasteiger partial charge in [0.1, 0.15) is 0 Å². The molecule has 3 nitrogen and oxygen atoms in total. The fourth-order valence-electron chi connectivity index (χ4n) is 1.76. The molecule has 94 valence electrons. The number of nitrogens with zero attached hydrogens (tertiary/aromatic N) is 2. The molecule has 0 unspecified atom stereocenters. The quantitative estimate of drug-likeness (QED) is 0.914. The highest BCUT2D eigenvalue weighted by Crippen LogP contribution is 2.23. The average Bonchev–Trinajstić information content (AvgIpc) is 2.37. The minimum atomic E-state index is 0.729. The maximum atomic E-state index is 5.96. The van der Waals surface area contributed by atoms with E-state index in [0.29, 0.717) is 0 Å². The molecule has 0 amide bonds. The number of nitrogens with one attached hydrogen (secondary N) is 1. The van der Waals surface area contributed by atoms with Gasteiger partial charge in [-0.3, -0.25) is 4.98 Å². The molecule has 0 spiro atoms. The van der Waals surface area contributed by atoms with Crippen LogP contribution < -0.4 is 10.2 Å². The van der Waals surface area contributed by atoms with E-state index in [1.165, 1.54) is 0 Å². The second-order valence-corrected chi connectivity index (χ2v) is 4.71. The lowest BCUT2D eigenvalue weighted by Gasteiger charge is -2.17. The van der Waals surface area contributed by atoms with Gasteiger partial charge in [0.15, 0.2) is 0 Å². The molecule has 0 radical (unpaired) electrons. The summed E-state index contributed by atoms with van der Waals surface area (Å²) in [7, 11) is 4.03. The van der Waals surface area contributed by atoms with Gasteiger partial charge in [-0.2, -0.15) is 0 Å². The van der Waals surface area contributed by atoms with Gasteiger partial charge >= 0.3 is 0 Å². The molecule has 1 aromatic carbocycles. The molecule has 4 heteroatoms. The maximum Gasteiger partial charge on any atom is 0.0766 e. The van der Waals surface area contributed by atoms with Gasteiger partial charge in [-0.1, -0.05) is 23.7 Å². The van der Waals surface area contributed by atoms with Crippen LogP contribution in [-0.2, 0) is 6.54 Å². The van der Waals surface area contributed by atoms with Crippen LogP contribution in [-0.4, -0.2) is 19.1 Å². The van der Waals surface area contributed by atoms with E-state index in [0.717, 1.165) is 28.5 Å². The van der Waals surface area contributed by atoms with Crippen molar-refractivity contribution in [3.05, 3.63) is 53.3 Å². The summed E-state index contributed by atoms with van der Waals surface area (Å²) in [5.74, 6) is 0. The lowest BCUT2D eigenvalue weighted by molar-refractivity contribution is 1.09. The zero-order valence-corrected chi connectivity index (χ0v) is 11.3. The van der Waals surface area contributed by atoms with Gasteiger partial charge in [0, 0.05) is 31.9 Å². The van der Waals surface area contributed by atoms with Crippen LogP contribution in [0, 0.1) is 0 Å². The molecule has 0 aliphatic heterocycles. The fourth-order valence-corrected chi connectivity index (χ4v) is 1.97. The Balaban J connectivity index is 2.11. The fraction of sp³-hybridized carbons (Fsp3) is 0.214. The van der Waals surface area contributed by atoms with E-state index in [2.05, 4.69) is 15.2 Å². The van der Waals surface area contributed by atoms with Gasteiger partial charge in [0.25, 0.3) is 0 Å². The molecule has 1 aromatic heterocycles. The topological polar surface area (TPSA) is 28.2 Å². The van der Waals surface area contributed by atoms with E-state index in [1.807, 2.05) is 50.6 Å². The van der Waals surface area contributed by atoms with Crippen molar-refractivity contribution in [1.29, 1.82) is 0 Å². The first-order valence-electron chi connectivity index (χ1n) is 5.76. The Morgan fingerprint density at radius 1 is 1.28 bits per heavy atom. The highest BCUT2D eigenvalue weighted by atomic mass is 35.5. The normalized spacial score (nSPS) is 10.2.